The molecule has 6 nitrogen and oxygen atoms in total. The summed E-state index contributed by atoms with van der Waals surface area (Å²) < 4.78 is 0. The summed E-state index contributed by atoms with van der Waals surface area (Å²) in [4.78, 5) is 9.55. The van der Waals surface area contributed by atoms with Crippen molar-refractivity contribution in [3.63, 3.8) is 0 Å². The molecule has 5 aromatic rings. The predicted octanol–water partition coefficient (Wildman–Crippen LogP) is 8.62. The van der Waals surface area contributed by atoms with E-state index in [0.29, 0.717) is 0 Å². The normalized spacial score (nSPS) is 18.4. The maximum absolute atomic E-state index is 5.06. The fourth-order valence-corrected chi connectivity index (χ4v) is 5.92. The fourth-order valence-electron chi connectivity index (χ4n) is 5.92. The Kier molecular flexibility index (Phi) is 6.42. The van der Waals surface area contributed by atoms with Crippen molar-refractivity contribution in [1.29, 1.82) is 0 Å². The number of fused-ring (bicyclic) bond motifs is 2. The highest BCUT2D eigenvalue weighted by Crippen LogP contribution is 2.43. The van der Waals surface area contributed by atoms with Crippen LogP contribution in [0.4, 0.5) is 34.1 Å². The van der Waals surface area contributed by atoms with E-state index in [1.807, 2.05) is 18.2 Å². The Hall–Kier alpha value is -6.01. The molecule has 4 aromatic carbocycles. The first-order valence-corrected chi connectivity index (χ1v) is 14.8. The van der Waals surface area contributed by atoms with Gasteiger partial charge in [0.15, 0.2) is 0 Å². The molecular weight excluding hydrogens is 540 g/mol. The summed E-state index contributed by atoms with van der Waals surface area (Å²) in [7, 11) is 0. The van der Waals surface area contributed by atoms with Crippen molar-refractivity contribution in [3.05, 3.63) is 175 Å². The van der Waals surface area contributed by atoms with Crippen LogP contribution in [-0.4, -0.2) is 11.0 Å². The molecule has 0 amide bonds. The summed E-state index contributed by atoms with van der Waals surface area (Å²) in [5.74, 6) is 1.98. The molecule has 3 N–H and O–H groups in total. The third-order valence-corrected chi connectivity index (χ3v) is 7.90. The zero-order chi connectivity index (χ0) is 29.3. The monoisotopic (exact) mass is 570 g/mol. The summed E-state index contributed by atoms with van der Waals surface area (Å²) in [6.45, 7) is 0. The lowest BCUT2D eigenvalue weighted by Crippen LogP contribution is -2.28. The van der Waals surface area contributed by atoms with Crippen molar-refractivity contribution in [1.82, 2.24) is 10.3 Å². The Labute approximate surface area is 257 Å². The van der Waals surface area contributed by atoms with Crippen LogP contribution >= 0.6 is 0 Å². The van der Waals surface area contributed by atoms with E-state index in [1.165, 1.54) is 0 Å². The van der Waals surface area contributed by atoms with Crippen molar-refractivity contribution in [2.75, 3.05) is 20.4 Å². The Balaban J connectivity index is 1.07. The number of allylic oxidation sites excluding steroid dienone is 2. The highest BCUT2D eigenvalue weighted by atomic mass is 15.3. The van der Waals surface area contributed by atoms with Crippen molar-refractivity contribution >= 4 is 45.9 Å². The maximum atomic E-state index is 5.06. The van der Waals surface area contributed by atoms with E-state index in [1.54, 1.807) is 0 Å². The van der Waals surface area contributed by atoms with Gasteiger partial charge in [-0.15, -0.1) is 0 Å². The second-order valence-electron chi connectivity index (χ2n) is 10.8. The molecule has 1 aromatic heterocycles. The molecule has 1 unspecified atom stereocenters. The molecule has 3 aliphatic heterocycles. The Morgan fingerprint density at radius 3 is 1.86 bits per heavy atom. The van der Waals surface area contributed by atoms with Crippen LogP contribution < -0.4 is 25.8 Å². The van der Waals surface area contributed by atoms with E-state index in [4.69, 9.17) is 4.98 Å². The second-order valence-corrected chi connectivity index (χ2v) is 10.8. The molecule has 3 aliphatic rings. The summed E-state index contributed by atoms with van der Waals surface area (Å²) >= 11 is 0. The average Bonchev–Trinajstić information content (AvgIpc) is 3.63. The summed E-state index contributed by atoms with van der Waals surface area (Å²) in [6, 6.07) is 43.7. The molecule has 4 heterocycles. The molecule has 8 rings (SSSR count). The number of pyridine rings is 1. The van der Waals surface area contributed by atoms with Gasteiger partial charge in [-0.1, -0.05) is 78.9 Å². The molecule has 0 saturated heterocycles. The number of para-hydroxylation sites is 6. The topological polar surface area (TPSA) is 55.5 Å². The molecule has 6 heteroatoms. The van der Waals surface area contributed by atoms with Crippen LogP contribution in [-0.2, 0) is 0 Å². The zero-order valence-electron chi connectivity index (χ0n) is 23.9. The number of rotatable bonds is 5. The van der Waals surface area contributed by atoms with Gasteiger partial charge in [0.25, 0.3) is 0 Å². The minimum Gasteiger partial charge on any atom is -0.373 e. The first-order chi connectivity index (χ1) is 21.8. The van der Waals surface area contributed by atoms with Crippen LogP contribution in [0.3, 0.4) is 0 Å². The van der Waals surface area contributed by atoms with Gasteiger partial charge >= 0.3 is 0 Å². The largest absolute Gasteiger partial charge is 0.373 e. The molecule has 1 atom stereocenters. The van der Waals surface area contributed by atoms with Gasteiger partial charge in [-0.25, -0.2) is 4.98 Å². The first kappa shape index (κ1) is 25.7. The lowest BCUT2D eigenvalue weighted by atomic mass is 10.1. The SMILES string of the molecule is C1=CC(/C=C2\Nc3ccccc3N2c2ccccc2)NC(c2cccc(/C=C3\Nc4ccccc4N3c3ccccc3)n2)=C1. The molecule has 212 valence electrons. The van der Waals surface area contributed by atoms with Crippen LogP contribution in [0.5, 0.6) is 0 Å². The Morgan fingerprint density at radius 2 is 1.18 bits per heavy atom. The standard InChI is InChI=1S/C38H30N6/c1-3-15-29(16-4-1)43-35-23-9-7-19-33(35)41-37(43)25-27-13-11-21-31(39-27)32-22-12-14-28(40-32)26-38-42-34-20-8-10-24-36(34)44(38)30-17-5-2-6-18-30/h1-27,39,41-42H/b37-25+,38-26+. The number of hydrogen-bond donors (Lipinski definition) is 3. The van der Waals surface area contributed by atoms with Crippen LogP contribution in [0, 0.1) is 0 Å². The Bertz CT molecular complexity index is 1960. The number of anilines is 6. The molecule has 0 radical (unpaired) electrons. The number of hydrogen-bond acceptors (Lipinski definition) is 6. The number of nitrogens with one attached hydrogen (secondary N) is 3. The minimum absolute atomic E-state index is 0.0265. The van der Waals surface area contributed by atoms with Gasteiger partial charge in [-0.05, 0) is 72.8 Å². The lowest BCUT2D eigenvalue weighted by Gasteiger charge is -2.24. The third-order valence-electron chi connectivity index (χ3n) is 7.90. The zero-order valence-corrected chi connectivity index (χ0v) is 23.9. The van der Waals surface area contributed by atoms with E-state index in [2.05, 4.69) is 165 Å². The number of aromatic nitrogens is 1. The second kappa shape index (κ2) is 11.0. The summed E-state index contributed by atoms with van der Waals surface area (Å²) in [5.41, 5.74) is 9.35. The minimum atomic E-state index is -0.0265. The van der Waals surface area contributed by atoms with E-state index in [-0.39, 0.29) is 6.04 Å². The average molecular weight is 571 g/mol. The van der Waals surface area contributed by atoms with Gasteiger partial charge in [0.1, 0.15) is 11.6 Å². The van der Waals surface area contributed by atoms with Crippen LogP contribution in [0.25, 0.3) is 11.8 Å². The predicted molar refractivity (Wildman–Crippen MR) is 182 cm³/mol. The highest BCUT2D eigenvalue weighted by molar-refractivity contribution is 5.90. The van der Waals surface area contributed by atoms with Gasteiger partial charge in [-0.2, -0.15) is 0 Å². The third kappa shape index (κ3) is 4.78. The summed E-state index contributed by atoms with van der Waals surface area (Å²) in [6.07, 6.45) is 10.7. The molecule has 0 aliphatic carbocycles. The molecular formula is C38H30N6. The lowest BCUT2D eigenvalue weighted by molar-refractivity contribution is 0.834. The summed E-state index contributed by atoms with van der Waals surface area (Å²) in [5, 5.41) is 10.9. The molecule has 0 bridgehead atoms. The van der Waals surface area contributed by atoms with Gasteiger partial charge in [0, 0.05) is 17.5 Å². The Morgan fingerprint density at radius 1 is 0.591 bits per heavy atom. The molecule has 0 spiro atoms. The van der Waals surface area contributed by atoms with Crippen molar-refractivity contribution < 1.29 is 0 Å². The molecule has 44 heavy (non-hydrogen) atoms. The van der Waals surface area contributed by atoms with E-state index in [0.717, 1.165) is 62.9 Å². The van der Waals surface area contributed by atoms with E-state index >= 15 is 0 Å². The van der Waals surface area contributed by atoms with E-state index < -0.39 is 0 Å². The number of nitrogens with zero attached hydrogens (tertiary/aromatic N) is 3. The van der Waals surface area contributed by atoms with Crippen molar-refractivity contribution in [2.45, 2.75) is 6.04 Å². The van der Waals surface area contributed by atoms with Crippen LogP contribution in [0.1, 0.15) is 11.4 Å². The first-order valence-electron chi connectivity index (χ1n) is 14.8. The fraction of sp³-hybridized carbons (Fsp3) is 0.0263. The number of dihydropyridines is 1. The molecule has 0 saturated carbocycles. The molecule has 0 fully saturated rings. The highest BCUT2D eigenvalue weighted by Gasteiger charge is 2.27. The van der Waals surface area contributed by atoms with Gasteiger partial charge in [0.05, 0.1) is 45.9 Å². The number of benzene rings is 4. The van der Waals surface area contributed by atoms with Crippen LogP contribution in [0.2, 0.25) is 0 Å². The smallest absolute Gasteiger partial charge is 0.117 e. The quantitative estimate of drug-likeness (QED) is 0.197. The van der Waals surface area contributed by atoms with Crippen molar-refractivity contribution in [3.8, 4) is 0 Å². The van der Waals surface area contributed by atoms with E-state index in [9.17, 15) is 0 Å². The van der Waals surface area contributed by atoms with Gasteiger partial charge in [0.2, 0.25) is 0 Å². The van der Waals surface area contributed by atoms with Crippen molar-refractivity contribution in [2.24, 2.45) is 0 Å². The van der Waals surface area contributed by atoms with Gasteiger partial charge < -0.3 is 16.0 Å². The van der Waals surface area contributed by atoms with Crippen LogP contribution in [0.15, 0.2) is 163 Å². The maximum Gasteiger partial charge on any atom is 0.117 e. The van der Waals surface area contributed by atoms with Gasteiger partial charge in [-0.3, -0.25) is 9.80 Å².